The predicted octanol–water partition coefficient (Wildman–Crippen LogP) is 3.86. The largest absolute Gasteiger partial charge is 0.337 e. The van der Waals surface area contributed by atoms with E-state index in [0.29, 0.717) is 22.3 Å². The molecule has 0 saturated carbocycles. The van der Waals surface area contributed by atoms with Crippen molar-refractivity contribution in [2.45, 2.75) is 20.0 Å². The lowest BCUT2D eigenvalue weighted by Crippen LogP contribution is -2.39. The third-order valence-electron chi connectivity index (χ3n) is 4.62. The first-order chi connectivity index (χ1) is 13.9. The molecule has 0 spiro atoms. The van der Waals surface area contributed by atoms with Gasteiger partial charge in [-0.2, -0.15) is 0 Å². The number of benzene rings is 2. The Morgan fingerprint density at radius 3 is 2.55 bits per heavy atom. The van der Waals surface area contributed by atoms with E-state index in [-0.39, 0.29) is 17.7 Å². The number of rotatable bonds is 4. The van der Waals surface area contributed by atoms with Crippen molar-refractivity contribution in [2.75, 3.05) is 0 Å². The molecule has 0 bridgehead atoms. The molecule has 2 aromatic heterocycles. The third-order valence-corrected chi connectivity index (χ3v) is 5.36. The second-order valence-electron chi connectivity index (χ2n) is 6.44. The van der Waals surface area contributed by atoms with Crippen molar-refractivity contribution in [3.63, 3.8) is 0 Å². The summed E-state index contributed by atoms with van der Waals surface area (Å²) in [6.45, 7) is 2.17. The minimum Gasteiger partial charge on any atom is -0.320 e. The molecule has 9 heteroatoms. The number of imidazole rings is 1. The van der Waals surface area contributed by atoms with Gasteiger partial charge in [0, 0.05) is 13.1 Å². The van der Waals surface area contributed by atoms with Crippen molar-refractivity contribution >= 4 is 34.4 Å². The third kappa shape index (κ3) is 3.36. The minimum absolute atomic E-state index is 0.162. The highest BCUT2D eigenvalue weighted by atomic mass is 35.5. The van der Waals surface area contributed by atoms with E-state index in [2.05, 4.69) is 4.98 Å². The van der Waals surface area contributed by atoms with Crippen molar-refractivity contribution in [2.24, 2.45) is 0 Å². The summed E-state index contributed by atoms with van der Waals surface area (Å²) in [4.78, 5) is 30.2. The fourth-order valence-electron chi connectivity index (χ4n) is 3.26. The van der Waals surface area contributed by atoms with E-state index in [9.17, 15) is 14.0 Å². The summed E-state index contributed by atoms with van der Waals surface area (Å²) < 4.78 is 17.8. The fraction of sp³-hybridized carbons (Fsp3) is 0.150. The van der Waals surface area contributed by atoms with Crippen LogP contribution in [-0.4, -0.2) is 18.7 Å². The van der Waals surface area contributed by atoms with Crippen molar-refractivity contribution in [3.8, 4) is 5.69 Å². The van der Waals surface area contributed by atoms with Crippen molar-refractivity contribution in [3.05, 3.63) is 91.1 Å². The highest BCUT2D eigenvalue weighted by Gasteiger charge is 2.19. The predicted molar refractivity (Wildman–Crippen MR) is 111 cm³/mol. The second-order valence-corrected chi connectivity index (χ2v) is 7.25. The zero-order chi connectivity index (χ0) is 20.7. The van der Waals surface area contributed by atoms with E-state index in [1.165, 1.54) is 29.1 Å². The summed E-state index contributed by atoms with van der Waals surface area (Å²) in [5.41, 5.74) is 0.469. The highest BCUT2D eigenvalue weighted by Crippen LogP contribution is 2.23. The van der Waals surface area contributed by atoms with Gasteiger partial charge in [0.25, 0.3) is 5.56 Å². The summed E-state index contributed by atoms with van der Waals surface area (Å²) >= 11 is 12.1. The van der Waals surface area contributed by atoms with E-state index in [1.54, 1.807) is 35.8 Å². The number of fused-ring (bicyclic) bond motifs is 1. The number of nitrogens with zero attached hydrogens (tertiary/aromatic N) is 4. The fourth-order valence-corrected chi connectivity index (χ4v) is 3.58. The number of aromatic nitrogens is 4. The molecule has 4 rings (SSSR count). The molecule has 0 amide bonds. The molecule has 0 aliphatic rings. The molecule has 2 heterocycles. The van der Waals surface area contributed by atoms with Crippen molar-refractivity contribution in [1.82, 2.24) is 18.7 Å². The van der Waals surface area contributed by atoms with E-state index in [1.807, 2.05) is 0 Å². The van der Waals surface area contributed by atoms with Gasteiger partial charge >= 0.3 is 5.69 Å². The number of hydrogen-bond donors (Lipinski definition) is 0. The van der Waals surface area contributed by atoms with Crippen LogP contribution in [0.1, 0.15) is 12.5 Å². The molecule has 0 aliphatic carbocycles. The Kier molecular flexibility index (Phi) is 5.02. The molecule has 29 heavy (non-hydrogen) atoms. The van der Waals surface area contributed by atoms with Gasteiger partial charge in [-0.15, -0.1) is 0 Å². The summed E-state index contributed by atoms with van der Waals surface area (Å²) in [7, 11) is 0. The molecule has 4 aromatic rings. The van der Waals surface area contributed by atoms with Gasteiger partial charge in [-0.3, -0.25) is 9.36 Å². The van der Waals surface area contributed by atoms with Gasteiger partial charge in [-0.1, -0.05) is 35.3 Å². The normalized spacial score (nSPS) is 11.3. The number of hydrogen-bond acceptors (Lipinski definition) is 3. The Morgan fingerprint density at radius 2 is 1.86 bits per heavy atom. The lowest BCUT2D eigenvalue weighted by molar-refractivity contribution is 0.623. The van der Waals surface area contributed by atoms with E-state index in [0.717, 1.165) is 10.1 Å². The van der Waals surface area contributed by atoms with Crippen LogP contribution in [0.3, 0.4) is 0 Å². The zero-order valence-electron chi connectivity index (χ0n) is 15.3. The van der Waals surface area contributed by atoms with Crippen LogP contribution < -0.4 is 11.2 Å². The molecule has 6 nitrogen and oxygen atoms in total. The molecule has 0 fully saturated rings. The summed E-state index contributed by atoms with van der Waals surface area (Å²) in [5, 5.41) is 0.829. The molecule has 0 radical (unpaired) electrons. The van der Waals surface area contributed by atoms with Crippen LogP contribution in [-0.2, 0) is 13.1 Å². The first-order valence-electron chi connectivity index (χ1n) is 8.81. The van der Waals surface area contributed by atoms with E-state index in [4.69, 9.17) is 23.2 Å². The molecule has 0 atom stereocenters. The lowest BCUT2D eigenvalue weighted by atomic mass is 10.2. The van der Waals surface area contributed by atoms with Gasteiger partial charge in [-0.05, 0) is 42.8 Å². The molecule has 0 aliphatic heterocycles. The quantitative estimate of drug-likeness (QED) is 0.491. The van der Waals surface area contributed by atoms with Gasteiger partial charge in [0.05, 0.1) is 22.1 Å². The van der Waals surface area contributed by atoms with Gasteiger partial charge in [0.2, 0.25) is 0 Å². The summed E-state index contributed by atoms with van der Waals surface area (Å²) in [6, 6.07) is 10.8. The van der Waals surface area contributed by atoms with Crippen molar-refractivity contribution in [1.29, 1.82) is 0 Å². The Balaban J connectivity index is 1.98. The Labute approximate surface area is 174 Å². The average Bonchev–Trinajstić information content (AvgIpc) is 3.09. The lowest BCUT2D eigenvalue weighted by Gasteiger charge is -2.12. The second kappa shape index (κ2) is 7.50. The Morgan fingerprint density at radius 1 is 1.07 bits per heavy atom. The van der Waals surface area contributed by atoms with Crippen LogP contribution in [0.15, 0.2) is 58.4 Å². The molecule has 0 unspecified atom stereocenters. The molecular formula is C20H15Cl2FN4O2. The van der Waals surface area contributed by atoms with E-state index < -0.39 is 17.1 Å². The van der Waals surface area contributed by atoms with E-state index >= 15 is 0 Å². The SMILES string of the molecule is CCn1c(=O)c2c(ncn2Cc2ccc(Cl)c(Cl)c2)n(-c2cccc(F)c2)c1=O. The van der Waals surface area contributed by atoms with Crippen LogP contribution in [0.4, 0.5) is 4.39 Å². The summed E-state index contributed by atoms with van der Waals surface area (Å²) in [6.07, 6.45) is 1.48. The standard InChI is InChI=1S/C20H15Cl2FN4O2/c1-2-26-19(28)17-18(27(20(26)29)14-5-3-4-13(23)9-14)24-11-25(17)10-12-6-7-15(21)16(22)8-12/h3-9,11H,2,10H2,1H3. The van der Waals surface area contributed by atoms with Crippen molar-refractivity contribution < 1.29 is 4.39 Å². The number of halogens is 3. The first kappa shape index (κ1) is 19.4. The summed E-state index contributed by atoms with van der Waals surface area (Å²) in [5.74, 6) is -0.493. The molecule has 0 saturated heterocycles. The molecule has 0 N–H and O–H groups in total. The topological polar surface area (TPSA) is 61.8 Å². The maximum absolute atomic E-state index is 13.8. The zero-order valence-corrected chi connectivity index (χ0v) is 16.8. The highest BCUT2D eigenvalue weighted by molar-refractivity contribution is 6.42. The minimum atomic E-state index is -0.574. The average molecular weight is 433 g/mol. The van der Waals surface area contributed by atoms with Crippen LogP contribution in [0, 0.1) is 5.82 Å². The monoisotopic (exact) mass is 432 g/mol. The van der Waals surface area contributed by atoms with Gasteiger partial charge in [0.15, 0.2) is 11.2 Å². The van der Waals surface area contributed by atoms with Crippen LogP contribution in [0.25, 0.3) is 16.9 Å². The molecular weight excluding hydrogens is 418 g/mol. The first-order valence-corrected chi connectivity index (χ1v) is 9.57. The maximum atomic E-state index is 13.8. The Hall–Kier alpha value is -2.90. The Bertz CT molecular complexity index is 1360. The van der Waals surface area contributed by atoms with Gasteiger partial charge in [-0.25, -0.2) is 18.7 Å². The van der Waals surface area contributed by atoms with Crippen LogP contribution in [0.2, 0.25) is 10.0 Å². The van der Waals surface area contributed by atoms with Gasteiger partial charge in [0.1, 0.15) is 5.82 Å². The smallest absolute Gasteiger partial charge is 0.320 e. The van der Waals surface area contributed by atoms with Crippen LogP contribution >= 0.6 is 23.2 Å². The van der Waals surface area contributed by atoms with Gasteiger partial charge < -0.3 is 4.57 Å². The van der Waals surface area contributed by atoms with Crippen LogP contribution in [0.5, 0.6) is 0 Å². The molecule has 2 aromatic carbocycles. The maximum Gasteiger partial charge on any atom is 0.337 e. The molecule has 148 valence electrons.